The number of rotatable bonds is 7. The van der Waals surface area contributed by atoms with Gasteiger partial charge in [-0.05, 0) is 64.9 Å². The number of hydrogen-bond acceptors (Lipinski definition) is 2. The van der Waals surface area contributed by atoms with Crippen LogP contribution in [0.15, 0.2) is 24.3 Å². The van der Waals surface area contributed by atoms with E-state index in [1.165, 1.54) is 5.56 Å². The number of nitrogens with zero attached hydrogens (tertiary/aromatic N) is 1. The van der Waals surface area contributed by atoms with E-state index in [0.717, 1.165) is 18.0 Å². The molecule has 112 valence electrons. The van der Waals surface area contributed by atoms with E-state index in [4.69, 9.17) is 16.7 Å². The van der Waals surface area contributed by atoms with Crippen LogP contribution in [0.3, 0.4) is 0 Å². The summed E-state index contributed by atoms with van der Waals surface area (Å²) in [5.74, 6) is -0.731. The average molecular weight is 298 g/mol. The lowest BCUT2D eigenvalue weighted by atomic mass is 9.88. The van der Waals surface area contributed by atoms with Crippen molar-refractivity contribution in [3.05, 3.63) is 34.9 Å². The largest absolute Gasteiger partial charge is 0.481 e. The fourth-order valence-corrected chi connectivity index (χ4v) is 2.19. The molecule has 0 aliphatic carbocycles. The first-order valence-electron chi connectivity index (χ1n) is 6.93. The maximum absolute atomic E-state index is 11.1. The summed E-state index contributed by atoms with van der Waals surface area (Å²) in [6.07, 6.45) is 1.55. The van der Waals surface area contributed by atoms with Crippen molar-refractivity contribution in [1.82, 2.24) is 4.90 Å². The third-order valence-electron chi connectivity index (χ3n) is 3.91. The van der Waals surface area contributed by atoms with Crippen molar-refractivity contribution < 1.29 is 9.90 Å². The minimum absolute atomic E-state index is 0.292. The zero-order chi connectivity index (χ0) is 15.3. The van der Waals surface area contributed by atoms with Crippen LogP contribution in [0.4, 0.5) is 0 Å². The van der Waals surface area contributed by atoms with Crippen molar-refractivity contribution >= 4 is 17.6 Å². The average Bonchev–Trinajstić information content (AvgIpc) is 2.38. The van der Waals surface area contributed by atoms with Gasteiger partial charge in [-0.2, -0.15) is 0 Å². The molecule has 0 amide bonds. The molecule has 1 N–H and O–H groups in total. The molecule has 1 atom stereocenters. The second-order valence-electron chi connectivity index (χ2n) is 6.00. The molecule has 1 aromatic carbocycles. The normalized spacial score (nSPS) is 13.5. The van der Waals surface area contributed by atoms with Gasteiger partial charge in [-0.3, -0.25) is 9.69 Å². The van der Waals surface area contributed by atoms with Crippen LogP contribution in [0.25, 0.3) is 0 Å². The molecule has 0 heterocycles. The van der Waals surface area contributed by atoms with Gasteiger partial charge < -0.3 is 5.11 Å². The summed E-state index contributed by atoms with van der Waals surface area (Å²) >= 11 is 5.89. The van der Waals surface area contributed by atoms with Crippen molar-refractivity contribution in [2.45, 2.75) is 39.7 Å². The standard InChI is InChI=1S/C16H24ClNO2/c1-12(13-6-8-14(17)9-7-13)18(4)11-5-10-16(2,3)15(19)20/h6-9,12H,5,10-11H2,1-4H3,(H,19,20). The second-order valence-corrected chi connectivity index (χ2v) is 6.44. The van der Waals surface area contributed by atoms with Gasteiger partial charge in [0.2, 0.25) is 0 Å². The highest BCUT2D eigenvalue weighted by Crippen LogP contribution is 2.25. The van der Waals surface area contributed by atoms with Crippen LogP contribution in [0.1, 0.15) is 45.2 Å². The number of carbonyl (C=O) groups is 1. The minimum atomic E-state index is -0.731. The summed E-state index contributed by atoms with van der Waals surface area (Å²) in [5.41, 5.74) is 0.569. The molecule has 1 aromatic rings. The predicted octanol–water partition coefficient (Wildman–Crippen LogP) is 4.22. The molecule has 0 aliphatic rings. The molecule has 0 aliphatic heterocycles. The van der Waals surface area contributed by atoms with Gasteiger partial charge in [0.1, 0.15) is 0 Å². The summed E-state index contributed by atoms with van der Waals surface area (Å²) in [6.45, 7) is 6.57. The molecule has 20 heavy (non-hydrogen) atoms. The van der Waals surface area contributed by atoms with Gasteiger partial charge in [0.05, 0.1) is 5.41 Å². The highest BCUT2D eigenvalue weighted by molar-refractivity contribution is 6.30. The number of hydrogen-bond donors (Lipinski definition) is 1. The monoisotopic (exact) mass is 297 g/mol. The number of aliphatic carboxylic acids is 1. The van der Waals surface area contributed by atoms with Crippen molar-refractivity contribution in [3.8, 4) is 0 Å². The molecule has 0 aromatic heterocycles. The Balaban J connectivity index is 2.48. The quantitative estimate of drug-likeness (QED) is 0.819. The van der Waals surface area contributed by atoms with Crippen LogP contribution in [0.5, 0.6) is 0 Å². The molecule has 0 saturated carbocycles. The maximum Gasteiger partial charge on any atom is 0.309 e. The first kappa shape index (κ1) is 17.0. The van der Waals surface area contributed by atoms with E-state index in [0.29, 0.717) is 12.5 Å². The van der Waals surface area contributed by atoms with Gasteiger partial charge in [0, 0.05) is 11.1 Å². The number of halogens is 1. The Hall–Kier alpha value is -1.06. The van der Waals surface area contributed by atoms with E-state index in [-0.39, 0.29) is 0 Å². The highest BCUT2D eigenvalue weighted by Gasteiger charge is 2.26. The Morgan fingerprint density at radius 3 is 2.40 bits per heavy atom. The zero-order valence-corrected chi connectivity index (χ0v) is 13.4. The first-order chi connectivity index (χ1) is 9.24. The number of carboxylic acids is 1. The molecule has 0 bridgehead atoms. The van der Waals surface area contributed by atoms with Crippen molar-refractivity contribution in [3.63, 3.8) is 0 Å². The van der Waals surface area contributed by atoms with Gasteiger partial charge in [-0.15, -0.1) is 0 Å². The molecule has 1 unspecified atom stereocenters. The third-order valence-corrected chi connectivity index (χ3v) is 4.16. The van der Waals surface area contributed by atoms with E-state index in [1.807, 2.05) is 24.3 Å². The summed E-state index contributed by atoms with van der Waals surface area (Å²) < 4.78 is 0. The Morgan fingerprint density at radius 2 is 1.90 bits per heavy atom. The molecule has 4 heteroatoms. The fourth-order valence-electron chi connectivity index (χ4n) is 2.07. The molecule has 3 nitrogen and oxygen atoms in total. The van der Waals surface area contributed by atoms with Gasteiger partial charge >= 0.3 is 5.97 Å². The van der Waals surface area contributed by atoms with E-state index >= 15 is 0 Å². The van der Waals surface area contributed by atoms with E-state index in [9.17, 15) is 4.79 Å². The minimum Gasteiger partial charge on any atom is -0.481 e. The Labute approximate surface area is 126 Å². The van der Waals surface area contributed by atoms with Gasteiger partial charge in [-0.25, -0.2) is 0 Å². The fraction of sp³-hybridized carbons (Fsp3) is 0.562. The Morgan fingerprint density at radius 1 is 1.35 bits per heavy atom. The van der Waals surface area contributed by atoms with Crippen molar-refractivity contribution in [2.24, 2.45) is 5.41 Å². The molecule has 1 rings (SSSR count). The summed E-state index contributed by atoms with van der Waals surface area (Å²) in [4.78, 5) is 13.3. The lowest BCUT2D eigenvalue weighted by Crippen LogP contribution is -2.27. The van der Waals surface area contributed by atoms with Crippen LogP contribution in [0.2, 0.25) is 5.02 Å². The SMILES string of the molecule is CC(c1ccc(Cl)cc1)N(C)CCCC(C)(C)C(=O)O. The zero-order valence-electron chi connectivity index (χ0n) is 12.7. The smallest absolute Gasteiger partial charge is 0.309 e. The van der Waals surface area contributed by atoms with Crippen LogP contribution < -0.4 is 0 Å². The van der Waals surface area contributed by atoms with Crippen molar-refractivity contribution in [2.75, 3.05) is 13.6 Å². The van der Waals surface area contributed by atoms with Crippen molar-refractivity contribution in [1.29, 1.82) is 0 Å². The maximum atomic E-state index is 11.1. The van der Waals surface area contributed by atoms with Crippen LogP contribution in [-0.2, 0) is 4.79 Å². The summed E-state index contributed by atoms with van der Waals surface area (Å²) in [5, 5.41) is 9.84. The lowest BCUT2D eigenvalue weighted by Gasteiger charge is -2.27. The molecule has 0 fully saturated rings. The van der Waals surface area contributed by atoms with Gasteiger partial charge in [0.15, 0.2) is 0 Å². The van der Waals surface area contributed by atoms with E-state index in [2.05, 4.69) is 18.9 Å². The van der Waals surface area contributed by atoms with Gasteiger partial charge in [-0.1, -0.05) is 23.7 Å². The topological polar surface area (TPSA) is 40.5 Å². The van der Waals surface area contributed by atoms with E-state index < -0.39 is 11.4 Å². The molecule has 0 radical (unpaired) electrons. The summed E-state index contributed by atoms with van der Waals surface area (Å²) in [6, 6.07) is 8.15. The second kappa shape index (κ2) is 7.09. The third kappa shape index (κ3) is 4.80. The predicted molar refractivity (Wildman–Crippen MR) is 83.1 cm³/mol. The Bertz CT molecular complexity index is 442. The van der Waals surface area contributed by atoms with Gasteiger partial charge in [0.25, 0.3) is 0 Å². The Kier molecular flexibility index (Phi) is 6.03. The van der Waals surface area contributed by atoms with Crippen LogP contribution in [0, 0.1) is 5.41 Å². The molecular formula is C16H24ClNO2. The van der Waals surface area contributed by atoms with Crippen LogP contribution >= 0.6 is 11.6 Å². The number of benzene rings is 1. The lowest BCUT2D eigenvalue weighted by molar-refractivity contribution is -0.147. The number of carboxylic acid groups (broad SMARTS) is 1. The molecule has 0 spiro atoms. The van der Waals surface area contributed by atoms with Crippen LogP contribution in [-0.4, -0.2) is 29.6 Å². The van der Waals surface area contributed by atoms with E-state index in [1.54, 1.807) is 13.8 Å². The molecular weight excluding hydrogens is 274 g/mol. The first-order valence-corrected chi connectivity index (χ1v) is 7.31. The summed E-state index contributed by atoms with van der Waals surface area (Å²) in [7, 11) is 2.06. The highest BCUT2D eigenvalue weighted by atomic mass is 35.5. The molecule has 0 saturated heterocycles.